The van der Waals surface area contributed by atoms with Crippen molar-refractivity contribution in [3.63, 3.8) is 0 Å². The first-order chi connectivity index (χ1) is 9.31. The monoisotopic (exact) mass is 277 g/mol. The number of anilines is 1. The summed E-state index contributed by atoms with van der Waals surface area (Å²) in [4.78, 5) is 13.0. The molecule has 110 valence electrons. The van der Waals surface area contributed by atoms with E-state index >= 15 is 0 Å². The number of benzene rings is 1. The van der Waals surface area contributed by atoms with E-state index in [0.717, 1.165) is 17.9 Å². The van der Waals surface area contributed by atoms with Gasteiger partial charge in [0.1, 0.15) is 18.4 Å². The van der Waals surface area contributed by atoms with Crippen molar-refractivity contribution in [3.05, 3.63) is 23.8 Å². The lowest BCUT2D eigenvalue weighted by Gasteiger charge is -2.36. The lowest BCUT2D eigenvalue weighted by molar-refractivity contribution is -0.135. The van der Waals surface area contributed by atoms with Crippen molar-refractivity contribution in [1.29, 1.82) is 0 Å². The predicted octanol–water partition coefficient (Wildman–Crippen LogP) is 3.05. The fraction of sp³-hybridized carbons (Fsp3) is 0.562. The molecule has 0 radical (unpaired) electrons. The van der Waals surface area contributed by atoms with E-state index in [1.807, 2.05) is 11.0 Å². The van der Waals surface area contributed by atoms with E-state index in [-0.39, 0.29) is 18.1 Å². The first-order valence-corrected chi connectivity index (χ1v) is 7.09. The number of fused-ring (bicyclic) bond motifs is 1. The van der Waals surface area contributed by atoms with Gasteiger partial charge in [0, 0.05) is 0 Å². The first-order valence-electron chi connectivity index (χ1n) is 7.09. The molecule has 0 fully saturated rings. The SMILES string of the molecule is CCC1CN(CC(=O)O)c2cc(C(C)(C)C)ccc2O1. The van der Waals surface area contributed by atoms with Crippen molar-refractivity contribution in [2.24, 2.45) is 0 Å². The summed E-state index contributed by atoms with van der Waals surface area (Å²) in [6.45, 7) is 9.14. The smallest absolute Gasteiger partial charge is 0.323 e. The molecule has 4 nitrogen and oxygen atoms in total. The van der Waals surface area contributed by atoms with Crippen LogP contribution in [0.25, 0.3) is 0 Å². The highest BCUT2D eigenvalue weighted by molar-refractivity contribution is 5.76. The second kappa shape index (κ2) is 5.35. The van der Waals surface area contributed by atoms with Crippen LogP contribution in [0.3, 0.4) is 0 Å². The summed E-state index contributed by atoms with van der Waals surface area (Å²) in [5.74, 6) is -0.0220. The number of nitrogens with zero attached hydrogens (tertiary/aromatic N) is 1. The normalized spacial score (nSPS) is 18.4. The van der Waals surface area contributed by atoms with Crippen molar-refractivity contribution in [3.8, 4) is 5.75 Å². The topological polar surface area (TPSA) is 49.8 Å². The highest BCUT2D eigenvalue weighted by Gasteiger charge is 2.27. The summed E-state index contributed by atoms with van der Waals surface area (Å²) in [7, 11) is 0. The van der Waals surface area contributed by atoms with Crippen LogP contribution in [0.15, 0.2) is 18.2 Å². The molecule has 0 saturated carbocycles. The molecule has 20 heavy (non-hydrogen) atoms. The number of rotatable bonds is 3. The first kappa shape index (κ1) is 14.7. The molecule has 0 spiro atoms. The Morgan fingerprint density at radius 3 is 2.70 bits per heavy atom. The maximum absolute atomic E-state index is 11.1. The van der Waals surface area contributed by atoms with Gasteiger partial charge >= 0.3 is 5.97 Å². The Kier molecular flexibility index (Phi) is 3.93. The molecule has 1 aliphatic rings. The number of hydrogen-bond acceptors (Lipinski definition) is 3. The molecular formula is C16H23NO3. The standard InChI is InChI=1S/C16H23NO3/c1-5-12-9-17(10-15(18)19)13-8-11(16(2,3)4)6-7-14(13)20-12/h6-8,12H,5,9-10H2,1-4H3,(H,18,19). The maximum Gasteiger partial charge on any atom is 0.323 e. The second-order valence-electron chi connectivity index (χ2n) is 6.35. The number of ether oxygens (including phenoxy) is 1. The van der Waals surface area contributed by atoms with Crippen molar-refractivity contribution >= 4 is 11.7 Å². The lowest BCUT2D eigenvalue weighted by atomic mass is 9.86. The number of carboxylic acids is 1. The van der Waals surface area contributed by atoms with Gasteiger partial charge in [-0.25, -0.2) is 0 Å². The summed E-state index contributed by atoms with van der Waals surface area (Å²) in [5, 5.41) is 9.10. The van der Waals surface area contributed by atoms with Crippen LogP contribution in [-0.2, 0) is 10.2 Å². The minimum Gasteiger partial charge on any atom is -0.486 e. The second-order valence-corrected chi connectivity index (χ2v) is 6.35. The molecule has 0 aromatic heterocycles. The summed E-state index contributed by atoms with van der Waals surface area (Å²) < 4.78 is 5.93. The van der Waals surface area contributed by atoms with Crippen LogP contribution in [0.2, 0.25) is 0 Å². The number of carbonyl (C=O) groups is 1. The van der Waals surface area contributed by atoms with E-state index in [2.05, 4.69) is 39.8 Å². The van der Waals surface area contributed by atoms with E-state index in [0.29, 0.717) is 6.54 Å². The van der Waals surface area contributed by atoms with Gasteiger partial charge in [-0.15, -0.1) is 0 Å². The number of carboxylic acid groups (broad SMARTS) is 1. The molecule has 1 aromatic rings. The summed E-state index contributed by atoms with van der Waals surface area (Å²) in [6.07, 6.45) is 0.929. The molecule has 0 aliphatic carbocycles. The zero-order valence-electron chi connectivity index (χ0n) is 12.6. The molecule has 1 atom stereocenters. The van der Waals surface area contributed by atoms with Crippen LogP contribution in [0.1, 0.15) is 39.7 Å². The van der Waals surface area contributed by atoms with E-state index < -0.39 is 5.97 Å². The Labute approximate surface area is 120 Å². The highest BCUT2D eigenvalue weighted by Crippen LogP contribution is 2.37. The van der Waals surface area contributed by atoms with Crippen LogP contribution in [-0.4, -0.2) is 30.3 Å². The van der Waals surface area contributed by atoms with Crippen LogP contribution in [0.4, 0.5) is 5.69 Å². The molecular weight excluding hydrogens is 254 g/mol. The predicted molar refractivity (Wildman–Crippen MR) is 79.7 cm³/mol. The molecule has 2 rings (SSSR count). The van der Waals surface area contributed by atoms with Gasteiger partial charge in [0.15, 0.2) is 0 Å². The van der Waals surface area contributed by atoms with Crippen LogP contribution in [0, 0.1) is 0 Å². The molecule has 4 heteroatoms. The quantitative estimate of drug-likeness (QED) is 0.922. The summed E-state index contributed by atoms with van der Waals surface area (Å²) in [6, 6.07) is 6.09. The zero-order valence-corrected chi connectivity index (χ0v) is 12.6. The highest BCUT2D eigenvalue weighted by atomic mass is 16.5. The summed E-state index contributed by atoms with van der Waals surface area (Å²) in [5.41, 5.74) is 2.11. The Morgan fingerprint density at radius 2 is 2.15 bits per heavy atom. The van der Waals surface area contributed by atoms with Gasteiger partial charge in [-0.3, -0.25) is 4.79 Å². The molecule has 0 saturated heterocycles. The average molecular weight is 277 g/mol. The van der Waals surface area contributed by atoms with Crippen LogP contribution in [0.5, 0.6) is 5.75 Å². The molecule has 0 bridgehead atoms. The fourth-order valence-corrected chi connectivity index (χ4v) is 2.42. The molecule has 1 aliphatic heterocycles. The van der Waals surface area contributed by atoms with Crippen LogP contribution < -0.4 is 9.64 Å². The third-order valence-corrected chi connectivity index (χ3v) is 3.66. The molecule has 0 amide bonds. The Hall–Kier alpha value is -1.71. The zero-order chi connectivity index (χ0) is 14.9. The number of aliphatic carboxylic acids is 1. The van der Waals surface area contributed by atoms with Crippen molar-refractivity contribution in [2.45, 2.75) is 45.6 Å². The van der Waals surface area contributed by atoms with Gasteiger partial charge in [-0.1, -0.05) is 33.8 Å². The molecule has 1 N–H and O–H groups in total. The minimum atomic E-state index is -0.811. The van der Waals surface area contributed by atoms with Gasteiger partial charge in [-0.05, 0) is 29.5 Å². The van der Waals surface area contributed by atoms with E-state index in [1.165, 1.54) is 5.56 Å². The Bertz CT molecular complexity index is 505. The average Bonchev–Trinajstić information content (AvgIpc) is 2.36. The lowest BCUT2D eigenvalue weighted by Crippen LogP contribution is -2.42. The molecule has 1 aromatic carbocycles. The maximum atomic E-state index is 11.1. The third kappa shape index (κ3) is 3.06. The van der Waals surface area contributed by atoms with Crippen molar-refractivity contribution in [2.75, 3.05) is 18.0 Å². The van der Waals surface area contributed by atoms with Gasteiger partial charge in [0.25, 0.3) is 0 Å². The van der Waals surface area contributed by atoms with Gasteiger partial charge < -0.3 is 14.7 Å². The van der Waals surface area contributed by atoms with Gasteiger partial charge in [-0.2, -0.15) is 0 Å². The minimum absolute atomic E-state index is 0.0143. The van der Waals surface area contributed by atoms with E-state index in [1.54, 1.807) is 0 Å². The molecule has 1 unspecified atom stereocenters. The number of hydrogen-bond donors (Lipinski definition) is 1. The largest absolute Gasteiger partial charge is 0.486 e. The Morgan fingerprint density at radius 1 is 1.45 bits per heavy atom. The Balaban J connectivity index is 2.40. The molecule has 1 heterocycles. The van der Waals surface area contributed by atoms with Gasteiger partial charge in [0.05, 0.1) is 12.2 Å². The van der Waals surface area contributed by atoms with Crippen LogP contribution >= 0.6 is 0 Å². The van der Waals surface area contributed by atoms with E-state index in [4.69, 9.17) is 9.84 Å². The third-order valence-electron chi connectivity index (χ3n) is 3.66. The fourth-order valence-electron chi connectivity index (χ4n) is 2.42. The summed E-state index contributed by atoms with van der Waals surface area (Å²) >= 11 is 0. The van der Waals surface area contributed by atoms with E-state index in [9.17, 15) is 4.79 Å². The van der Waals surface area contributed by atoms with Crippen molar-refractivity contribution in [1.82, 2.24) is 0 Å². The van der Waals surface area contributed by atoms with Gasteiger partial charge in [0.2, 0.25) is 0 Å². The van der Waals surface area contributed by atoms with Crippen molar-refractivity contribution < 1.29 is 14.6 Å².